The molecule has 22 heavy (non-hydrogen) atoms. The zero-order valence-electron chi connectivity index (χ0n) is 12.7. The molecule has 1 fully saturated rings. The number of ether oxygens (including phenoxy) is 1. The van der Waals surface area contributed by atoms with Gasteiger partial charge in [-0.1, -0.05) is 29.3 Å². The summed E-state index contributed by atoms with van der Waals surface area (Å²) in [5, 5.41) is 7.04. The van der Waals surface area contributed by atoms with Crippen molar-refractivity contribution < 1.29 is 9.53 Å². The smallest absolute Gasteiger partial charge is 0.260 e. The Morgan fingerprint density at radius 1 is 1.50 bits per heavy atom. The molecule has 0 spiro atoms. The van der Waals surface area contributed by atoms with Gasteiger partial charge in [0.05, 0.1) is 5.02 Å². The van der Waals surface area contributed by atoms with Crippen LogP contribution in [0.15, 0.2) is 18.2 Å². The number of rotatable bonds is 6. The molecule has 0 aromatic heterocycles. The summed E-state index contributed by atoms with van der Waals surface area (Å²) in [7, 11) is 0. The van der Waals surface area contributed by atoms with Gasteiger partial charge in [0.2, 0.25) is 0 Å². The first-order valence-corrected chi connectivity index (χ1v) is 8.42. The highest BCUT2D eigenvalue weighted by Crippen LogP contribution is 2.32. The van der Waals surface area contributed by atoms with Gasteiger partial charge in [-0.3, -0.25) is 4.79 Å². The lowest BCUT2D eigenvalue weighted by molar-refractivity contribution is -0.127. The summed E-state index contributed by atoms with van der Waals surface area (Å²) in [6.45, 7) is 4.52. The third kappa shape index (κ3) is 5.04. The number of carbonyl (C=O) groups excluding carboxylic acids is 1. The fourth-order valence-corrected chi connectivity index (χ4v) is 2.87. The molecule has 2 rings (SSSR count). The summed E-state index contributed by atoms with van der Waals surface area (Å²) in [5.41, 5.74) is 0. The summed E-state index contributed by atoms with van der Waals surface area (Å²) in [4.78, 5) is 12.1. The Hall–Kier alpha value is -0.970. The highest BCUT2D eigenvalue weighted by molar-refractivity contribution is 6.42. The van der Waals surface area contributed by atoms with Gasteiger partial charge in [0.25, 0.3) is 5.91 Å². The lowest BCUT2D eigenvalue weighted by Gasteiger charge is -2.23. The molecule has 1 saturated heterocycles. The number of amides is 1. The predicted octanol–water partition coefficient (Wildman–Crippen LogP) is 3.27. The second kappa shape index (κ2) is 8.61. The number of benzene rings is 1. The van der Waals surface area contributed by atoms with Crippen LogP contribution in [-0.4, -0.2) is 31.6 Å². The van der Waals surface area contributed by atoms with Crippen LogP contribution in [0.3, 0.4) is 0 Å². The highest BCUT2D eigenvalue weighted by Gasteiger charge is 2.18. The van der Waals surface area contributed by atoms with Gasteiger partial charge in [-0.15, -0.1) is 0 Å². The van der Waals surface area contributed by atoms with Gasteiger partial charge in [0, 0.05) is 6.54 Å². The van der Waals surface area contributed by atoms with E-state index in [-0.39, 0.29) is 5.91 Å². The second-order valence-corrected chi connectivity index (χ2v) is 6.39. The van der Waals surface area contributed by atoms with Crippen LogP contribution in [0.2, 0.25) is 10.0 Å². The van der Waals surface area contributed by atoms with Gasteiger partial charge >= 0.3 is 0 Å². The van der Waals surface area contributed by atoms with Crippen LogP contribution >= 0.6 is 23.2 Å². The molecule has 0 radical (unpaired) electrons. The Morgan fingerprint density at radius 3 is 3.05 bits per heavy atom. The first kappa shape index (κ1) is 17.4. The van der Waals surface area contributed by atoms with Crippen molar-refractivity contribution >= 4 is 29.1 Å². The average molecular weight is 345 g/mol. The normalized spacial score (nSPS) is 19.5. The van der Waals surface area contributed by atoms with Crippen molar-refractivity contribution in [2.75, 3.05) is 19.6 Å². The molecule has 122 valence electrons. The Balaban J connectivity index is 1.75. The fourth-order valence-electron chi connectivity index (χ4n) is 2.53. The van der Waals surface area contributed by atoms with Crippen LogP contribution < -0.4 is 15.4 Å². The summed E-state index contributed by atoms with van der Waals surface area (Å²) < 4.78 is 5.59. The number of halogens is 2. The molecule has 0 aliphatic carbocycles. The van der Waals surface area contributed by atoms with Crippen LogP contribution in [0.1, 0.15) is 26.2 Å². The van der Waals surface area contributed by atoms with Crippen LogP contribution in [0.4, 0.5) is 0 Å². The molecule has 2 unspecified atom stereocenters. The van der Waals surface area contributed by atoms with E-state index < -0.39 is 6.10 Å². The van der Waals surface area contributed by atoms with Gasteiger partial charge in [0.1, 0.15) is 10.8 Å². The molecule has 0 saturated carbocycles. The Kier molecular flexibility index (Phi) is 6.80. The number of piperidine rings is 1. The van der Waals surface area contributed by atoms with E-state index >= 15 is 0 Å². The molecule has 1 aromatic rings. The summed E-state index contributed by atoms with van der Waals surface area (Å²) in [6.07, 6.45) is 2.82. The van der Waals surface area contributed by atoms with Crippen LogP contribution in [0.5, 0.6) is 5.75 Å². The van der Waals surface area contributed by atoms with Crippen molar-refractivity contribution in [3.05, 3.63) is 28.2 Å². The van der Waals surface area contributed by atoms with Crippen molar-refractivity contribution in [1.82, 2.24) is 10.6 Å². The van der Waals surface area contributed by atoms with Gasteiger partial charge in [-0.25, -0.2) is 0 Å². The van der Waals surface area contributed by atoms with E-state index in [1.165, 1.54) is 12.8 Å². The monoisotopic (exact) mass is 344 g/mol. The lowest BCUT2D eigenvalue weighted by atomic mass is 9.96. The van der Waals surface area contributed by atoms with Crippen molar-refractivity contribution in [2.45, 2.75) is 32.3 Å². The number of hydrogen-bond donors (Lipinski definition) is 2. The molecule has 1 amide bonds. The van der Waals surface area contributed by atoms with Crippen molar-refractivity contribution in [1.29, 1.82) is 0 Å². The summed E-state index contributed by atoms with van der Waals surface area (Å²) >= 11 is 12.0. The molecule has 2 atom stereocenters. The maximum absolute atomic E-state index is 12.1. The van der Waals surface area contributed by atoms with E-state index in [9.17, 15) is 4.79 Å². The van der Waals surface area contributed by atoms with E-state index in [0.717, 1.165) is 19.5 Å². The maximum Gasteiger partial charge on any atom is 0.260 e. The van der Waals surface area contributed by atoms with Crippen LogP contribution in [-0.2, 0) is 4.79 Å². The molecule has 1 aromatic carbocycles. The Labute approximate surface area is 141 Å². The van der Waals surface area contributed by atoms with Gasteiger partial charge in [0.15, 0.2) is 6.10 Å². The van der Waals surface area contributed by atoms with Gasteiger partial charge in [-0.05, 0) is 57.3 Å². The zero-order chi connectivity index (χ0) is 15.9. The first-order valence-electron chi connectivity index (χ1n) is 7.67. The average Bonchev–Trinajstić information content (AvgIpc) is 2.52. The quantitative estimate of drug-likeness (QED) is 0.832. The van der Waals surface area contributed by atoms with E-state index in [0.29, 0.717) is 28.3 Å². The minimum atomic E-state index is -0.611. The molecular weight excluding hydrogens is 323 g/mol. The third-order valence-electron chi connectivity index (χ3n) is 3.84. The van der Waals surface area contributed by atoms with Gasteiger partial charge < -0.3 is 15.4 Å². The number of nitrogens with one attached hydrogen (secondary N) is 2. The number of hydrogen-bond acceptors (Lipinski definition) is 3. The summed E-state index contributed by atoms with van der Waals surface area (Å²) in [6, 6.07) is 5.12. The molecule has 6 heteroatoms. The van der Waals surface area contributed by atoms with Crippen LogP contribution in [0.25, 0.3) is 0 Å². The molecule has 0 bridgehead atoms. The second-order valence-electron chi connectivity index (χ2n) is 5.60. The number of carbonyl (C=O) groups is 1. The molecule has 1 aliphatic rings. The molecule has 2 N–H and O–H groups in total. The standard InChI is InChI=1S/C16H22Cl2N2O2/c1-11(22-14-6-2-5-13(17)15(14)18)16(21)20-9-7-12-4-3-8-19-10-12/h2,5-6,11-12,19H,3-4,7-10H2,1H3,(H,20,21). The minimum absolute atomic E-state index is 0.139. The van der Waals surface area contributed by atoms with E-state index in [4.69, 9.17) is 27.9 Å². The maximum atomic E-state index is 12.1. The third-order valence-corrected chi connectivity index (χ3v) is 4.64. The largest absolute Gasteiger partial charge is 0.479 e. The Morgan fingerprint density at radius 2 is 2.32 bits per heavy atom. The van der Waals surface area contributed by atoms with E-state index in [2.05, 4.69) is 10.6 Å². The summed E-state index contributed by atoms with van der Waals surface area (Å²) in [5.74, 6) is 0.931. The molecule has 4 nitrogen and oxygen atoms in total. The SMILES string of the molecule is CC(Oc1cccc(Cl)c1Cl)C(=O)NCCC1CCCNC1. The van der Waals surface area contributed by atoms with Crippen molar-refractivity contribution in [3.63, 3.8) is 0 Å². The van der Waals surface area contributed by atoms with E-state index in [1.807, 2.05) is 0 Å². The topological polar surface area (TPSA) is 50.4 Å². The van der Waals surface area contributed by atoms with Gasteiger partial charge in [-0.2, -0.15) is 0 Å². The zero-order valence-corrected chi connectivity index (χ0v) is 14.2. The highest BCUT2D eigenvalue weighted by atomic mass is 35.5. The fraction of sp³-hybridized carbons (Fsp3) is 0.562. The molecular formula is C16H22Cl2N2O2. The predicted molar refractivity (Wildman–Crippen MR) is 89.8 cm³/mol. The molecule has 1 heterocycles. The van der Waals surface area contributed by atoms with Crippen LogP contribution in [0, 0.1) is 5.92 Å². The lowest BCUT2D eigenvalue weighted by Crippen LogP contribution is -2.38. The van der Waals surface area contributed by atoms with Crippen molar-refractivity contribution in [3.8, 4) is 5.75 Å². The minimum Gasteiger partial charge on any atom is -0.479 e. The Bertz CT molecular complexity index is 505. The van der Waals surface area contributed by atoms with Crippen molar-refractivity contribution in [2.24, 2.45) is 5.92 Å². The molecule has 1 aliphatic heterocycles. The van der Waals surface area contributed by atoms with E-state index in [1.54, 1.807) is 25.1 Å². The first-order chi connectivity index (χ1) is 10.6.